The van der Waals surface area contributed by atoms with E-state index in [0.29, 0.717) is 23.3 Å². The Morgan fingerprint density at radius 2 is 1.68 bits per heavy atom. The lowest BCUT2D eigenvalue weighted by Gasteiger charge is -2.40. The second kappa shape index (κ2) is 5.41. The largest absolute Gasteiger partial charge is 0.496 e. The number of hydrogen-bond acceptors (Lipinski definition) is 3. The Morgan fingerprint density at radius 1 is 1.11 bits per heavy atom. The molecule has 0 amide bonds. The molecule has 3 atom stereocenters. The summed E-state index contributed by atoms with van der Waals surface area (Å²) in [5.74, 6) is 2.57. The SMILES string of the molecule is COc1cccc(OC)c1C1(O)CCC(C)C(C)C1. The number of aliphatic hydroxyl groups is 1. The van der Waals surface area contributed by atoms with Gasteiger partial charge >= 0.3 is 0 Å². The molecule has 0 heterocycles. The van der Waals surface area contributed by atoms with Crippen LogP contribution in [-0.4, -0.2) is 19.3 Å². The van der Waals surface area contributed by atoms with E-state index in [1.807, 2.05) is 18.2 Å². The van der Waals surface area contributed by atoms with E-state index in [4.69, 9.17) is 9.47 Å². The van der Waals surface area contributed by atoms with E-state index in [-0.39, 0.29) is 0 Å². The number of ether oxygens (including phenoxy) is 2. The van der Waals surface area contributed by atoms with Crippen LogP contribution >= 0.6 is 0 Å². The highest BCUT2D eigenvalue weighted by Gasteiger charge is 2.41. The lowest BCUT2D eigenvalue weighted by Crippen LogP contribution is -2.36. The van der Waals surface area contributed by atoms with Gasteiger partial charge in [0, 0.05) is 0 Å². The maximum Gasteiger partial charge on any atom is 0.128 e. The van der Waals surface area contributed by atoms with Gasteiger partial charge in [0.1, 0.15) is 11.5 Å². The van der Waals surface area contributed by atoms with Gasteiger partial charge in [0.25, 0.3) is 0 Å². The van der Waals surface area contributed by atoms with Gasteiger partial charge in [-0.05, 0) is 43.2 Å². The zero-order valence-corrected chi connectivity index (χ0v) is 12.3. The van der Waals surface area contributed by atoms with Crippen LogP contribution in [0.25, 0.3) is 0 Å². The van der Waals surface area contributed by atoms with Gasteiger partial charge in [-0.25, -0.2) is 0 Å². The zero-order chi connectivity index (χ0) is 14.0. The van der Waals surface area contributed by atoms with Crippen molar-refractivity contribution < 1.29 is 14.6 Å². The van der Waals surface area contributed by atoms with E-state index >= 15 is 0 Å². The van der Waals surface area contributed by atoms with Crippen LogP contribution in [0.2, 0.25) is 0 Å². The molecule has 0 aromatic heterocycles. The molecule has 106 valence electrons. The summed E-state index contributed by atoms with van der Waals surface area (Å²) >= 11 is 0. The molecule has 3 unspecified atom stereocenters. The van der Waals surface area contributed by atoms with Crippen molar-refractivity contribution in [2.24, 2.45) is 11.8 Å². The second-order valence-electron chi connectivity index (χ2n) is 5.77. The topological polar surface area (TPSA) is 38.7 Å². The zero-order valence-electron chi connectivity index (χ0n) is 12.3. The van der Waals surface area contributed by atoms with E-state index in [0.717, 1.165) is 24.8 Å². The molecule has 1 aliphatic rings. The molecule has 19 heavy (non-hydrogen) atoms. The van der Waals surface area contributed by atoms with Crippen molar-refractivity contribution in [1.29, 1.82) is 0 Å². The normalized spacial score (nSPS) is 31.0. The first-order chi connectivity index (χ1) is 9.01. The van der Waals surface area contributed by atoms with Crippen molar-refractivity contribution in [2.75, 3.05) is 14.2 Å². The lowest BCUT2D eigenvalue weighted by atomic mass is 9.70. The molecule has 0 radical (unpaired) electrons. The Hall–Kier alpha value is -1.22. The molecular formula is C16H24O3. The van der Waals surface area contributed by atoms with Gasteiger partial charge < -0.3 is 14.6 Å². The Bertz CT molecular complexity index is 421. The third-order valence-electron chi connectivity index (χ3n) is 4.54. The van der Waals surface area contributed by atoms with Gasteiger partial charge in [-0.1, -0.05) is 19.9 Å². The molecule has 1 aromatic rings. The molecule has 3 heteroatoms. The summed E-state index contributed by atoms with van der Waals surface area (Å²) in [4.78, 5) is 0. The van der Waals surface area contributed by atoms with Crippen LogP contribution in [-0.2, 0) is 5.60 Å². The predicted octanol–water partition coefficient (Wildman–Crippen LogP) is 3.35. The fourth-order valence-corrected chi connectivity index (χ4v) is 3.12. The Balaban J connectivity index is 2.45. The quantitative estimate of drug-likeness (QED) is 0.910. The lowest BCUT2D eigenvalue weighted by molar-refractivity contribution is -0.0366. The first-order valence-corrected chi connectivity index (χ1v) is 6.95. The van der Waals surface area contributed by atoms with Crippen LogP contribution in [0.4, 0.5) is 0 Å². The highest BCUT2D eigenvalue weighted by Crippen LogP contribution is 2.48. The third kappa shape index (κ3) is 2.57. The van der Waals surface area contributed by atoms with E-state index in [2.05, 4.69) is 13.8 Å². The number of benzene rings is 1. The fourth-order valence-electron chi connectivity index (χ4n) is 3.12. The van der Waals surface area contributed by atoms with Crippen molar-refractivity contribution in [1.82, 2.24) is 0 Å². The molecule has 0 bridgehead atoms. The van der Waals surface area contributed by atoms with E-state index < -0.39 is 5.60 Å². The third-order valence-corrected chi connectivity index (χ3v) is 4.54. The summed E-state index contributed by atoms with van der Waals surface area (Å²) in [6.07, 6.45) is 2.54. The summed E-state index contributed by atoms with van der Waals surface area (Å²) in [5.41, 5.74) is -0.0390. The monoisotopic (exact) mass is 264 g/mol. The van der Waals surface area contributed by atoms with Gasteiger partial charge in [-0.2, -0.15) is 0 Å². The molecule has 1 saturated carbocycles. The van der Waals surface area contributed by atoms with Crippen LogP contribution < -0.4 is 9.47 Å². The number of methoxy groups -OCH3 is 2. The Morgan fingerprint density at radius 3 is 2.16 bits per heavy atom. The van der Waals surface area contributed by atoms with Crippen molar-refractivity contribution in [3.8, 4) is 11.5 Å². The molecule has 2 rings (SSSR count). The molecule has 0 saturated heterocycles. The highest BCUT2D eigenvalue weighted by atomic mass is 16.5. The molecule has 1 fully saturated rings. The molecule has 1 aromatic carbocycles. The van der Waals surface area contributed by atoms with Crippen molar-refractivity contribution in [2.45, 2.75) is 38.7 Å². The Labute approximate surface area is 115 Å². The van der Waals surface area contributed by atoms with Crippen molar-refractivity contribution in [3.05, 3.63) is 23.8 Å². The Kier molecular flexibility index (Phi) is 4.04. The van der Waals surface area contributed by atoms with Crippen LogP contribution in [0, 0.1) is 11.8 Å². The summed E-state index contributed by atoms with van der Waals surface area (Å²) in [6, 6.07) is 5.66. The summed E-state index contributed by atoms with van der Waals surface area (Å²) in [5, 5.41) is 11.1. The average molecular weight is 264 g/mol. The molecule has 1 aliphatic carbocycles. The van der Waals surface area contributed by atoms with Crippen LogP contribution in [0.5, 0.6) is 11.5 Å². The highest BCUT2D eigenvalue weighted by molar-refractivity contribution is 5.48. The standard InChI is InChI=1S/C16H24O3/c1-11-8-9-16(17,10-12(11)2)15-13(18-3)6-5-7-14(15)19-4/h5-7,11-12,17H,8-10H2,1-4H3. The van der Waals surface area contributed by atoms with Crippen LogP contribution in [0.15, 0.2) is 18.2 Å². The molecule has 0 aliphatic heterocycles. The van der Waals surface area contributed by atoms with E-state index in [9.17, 15) is 5.11 Å². The molecule has 1 N–H and O–H groups in total. The summed E-state index contributed by atoms with van der Waals surface area (Å²) in [6.45, 7) is 4.46. The van der Waals surface area contributed by atoms with Crippen LogP contribution in [0.3, 0.4) is 0 Å². The van der Waals surface area contributed by atoms with Gasteiger partial charge in [-0.15, -0.1) is 0 Å². The minimum absolute atomic E-state index is 0.494. The van der Waals surface area contributed by atoms with Crippen molar-refractivity contribution >= 4 is 0 Å². The first-order valence-electron chi connectivity index (χ1n) is 6.95. The van der Waals surface area contributed by atoms with Crippen LogP contribution in [0.1, 0.15) is 38.7 Å². The fraction of sp³-hybridized carbons (Fsp3) is 0.625. The van der Waals surface area contributed by atoms with Gasteiger partial charge in [0.15, 0.2) is 0 Å². The molecular weight excluding hydrogens is 240 g/mol. The summed E-state index contributed by atoms with van der Waals surface area (Å²) in [7, 11) is 3.27. The maximum absolute atomic E-state index is 11.1. The maximum atomic E-state index is 11.1. The predicted molar refractivity (Wildman–Crippen MR) is 75.6 cm³/mol. The minimum Gasteiger partial charge on any atom is -0.496 e. The molecule has 3 nitrogen and oxygen atoms in total. The number of rotatable bonds is 3. The second-order valence-corrected chi connectivity index (χ2v) is 5.77. The van der Waals surface area contributed by atoms with E-state index in [1.54, 1.807) is 14.2 Å². The van der Waals surface area contributed by atoms with E-state index in [1.165, 1.54) is 0 Å². The summed E-state index contributed by atoms with van der Waals surface area (Å²) < 4.78 is 10.9. The molecule has 0 spiro atoms. The average Bonchev–Trinajstić information content (AvgIpc) is 2.42. The number of hydrogen-bond donors (Lipinski definition) is 1. The van der Waals surface area contributed by atoms with Gasteiger partial charge in [0.2, 0.25) is 0 Å². The van der Waals surface area contributed by atoms with Crippen molar-refractivity contribution in [3.63, 3.8) is 0 Å². The van der Waals surface area contributed by atoms with Gasteiger partial charge in [-0.3, -0.25) is 0 Å². The van der Waals surface area contributed by atoms with Gasteiger partial charge in [0.05, 0.1) is 25.4 Å². The first kappa shape index (κ1) is 14.2. The minimum atomic E-state index is -0.843. The smallest absolute Gasteiger partial charge is 0.128 e.